The molecule has 4 heteroatoms. The monoisotopic (exact) mass is 257 g/mol. The SMILES string of the molecule is CC(C)(C)COc1nc(N)ncc1-c1ccccc1. The summed E-state index contributed by atoms with van der Waals surface area (Å²) in [7, 11) is 0. The van der Waals surface area contributed by atoms with Crippen LogP contribution in [-0.4, -0.2) is 16.6 Å². The molecular formula is C15H19N3O. The molecule has 1 aromatic carbocycles. The second kappa shape index (κ2) is 5.26. The minimum atomic E-state index is 0.0632. The Bertz CT molecular complexity index is 547. The van der Waals surface area contributed by atoms with Crippen molar-refractivity contribution in [2.45, 2.75) is 20.8 Å². The van der Waals surface area contributed by atoms with Crippen LogP contribution >= 0.6 is 0 Å². The lowest BCUT2D eigenvalue weighted by Crippen LogP contribution is -2.18. The molecule has 0 aliphatic rings. The first kappa shape index (κ1) is 13.3. The number of hydrogen-bond acceptors (Lipinski definition) is 4. The van der Waals surface area contributed by atoms with Crippen LogP contribution in [0.2, 0.25) is 0 Å². The molecule has 0 fully saturated rings. The molecule has 19 heavy (non-hydrogen) atoms. The molecule has 100 valence electrons. The average molecular weight is 257 g/mol. The largest absolute Gasteiger partial charge is 0.477 e. The Kier molecular flexibility index (Phi) is 3.69. The summed E-state index contributed by atoms with van der Waals surface area (Å²) in [5.41, 5.74) is 7.59. The smallest absolute Gasteiger partial charge is 0.226 e. The maximum atomic E-state index is 5.81. The van der Waals surface area contributed by atoms with Gasteiger partial charge in [0.15, 0.2) is 0 Å². The van der Waals surface area contributed by atoms with E-state index in [1.807, 2.05) is 30.3 Å². The zero-order valence-corrected chi connectivity index (χ0v) is 11.6. The van der Waals surface area contributed by atoms with Crippen molar-refractivity contribution in [2.24, 2.45) is 5.41 Å². The van der Waals surface area contributed by atoms with Crippen molar-refractivity contribution in [1.29, 1.82) is 0 Å². The Labute approximate surface area is 113 Å². The van der Waals surface area contributed by atoms with Crippen molar-refractivity contribution >= 4 is 5.95 Å². The van der Waals surface area contributed by atoms with Crippen molar-refractivity contribution in [3.05, 3.63) is 36.5 Å². The van der Waals surface area contributed by atoms with Crippen LogP contribution in [0.25, 0.3) is 11.1 Å². The molecular weight excluding hydrogens is 238 g/mol. The van der Waals surface area contributed by atoms with Crippen LogP contribution in [0.15, 0.2) is 36.5 Å². The van der Waals surface area contributed by atoms with Gasteiger partial charge in [0.05, 0.1) is 12.2 Å². The number of benzene rings is 1. The van der Waals surface area contributed by atoms with Crippen LogP contribution in [0.3, 0.4) is 0 Å². The fourth-order valence-corrected chi connectivity index (χ4v) is 1.59. The van der Waals surface area contributed by atoms with E-state index in [1.165, 1.54) is 0 Å². The summed E-state index contributed by atoms with van der Waals surface area (Å²) in [6, 6.07) is 9.91. The minimum absolute atomic E-state index is 0.0632. The number of nitrogen functional groups attached to an aromatic ring is 1. The highest BCUT2D eigenvalue weighted by atomic mass is 16.5. The van der Waals surface area contributed by atoms with Gasteiger partial charge in [-0.25, -0.2) is 4.98 Å². The zero-order valence-electron chi connectivity index (χ0n) is 11.6. The predicted molar refractivity (Wildman–Crippen MR) is 76.8 cm³/mol. The Morgan fingerprint density at radius 1 is 1.16 bits per heavy atom. The number of anilines is 1. The van der Waals surface area contributed by atoms with E-state index in [0.717, 1.165) is 11.1 Å². The maximum absolute atomic E-state index is 5.81. The molecule has 2 aromatic rings. The quantitative estimate of drug-likeness (QED) is 0.917. The predicted octanol–water partition coefficient (Wildman–Crippen LogP) is 3.15. The third kappa shape index (κ3) is 3.68. The topological polar surface area (TPSA) is 61.0 Å². The summed E-state index contributed by atoms with van der Waals surface area (Å²) in [5, 5.41) is 0. The molecule has 4 nitrogen and oxygen atoms in total. The number of rotatable bonds is 3. The van der Waals surface area contributed by atoms with Gasteiger partial charge in [-0.15, -0.1) is 0 Å². The summed E-state index contributed by atoms with van der Waals surface area (Å²) in [4.78, 5) is 8.24. The Hall–Kier alpha value is -2.10. The van der Waals surface area contributed by atoms with Crippen molar-refractivity contribution in [1.82, 2.24) is 9.97 Å². The van der Waals surface area contributed by atoms with Crippen LogP contribution in [0.5, 0.6) is 5.88 Å². The molecule has 0 aliphatic heterocycles. The highest BCUT2D eigenvalue weighted by Gasteiger charge is 2.15. The Morgan fingerprint density at radius 2 is 1.84 bits per heavy atom. The van der Waals surface area contributed by atoms with E-state index in [2.05, 4.69) is 30.7 Å². The molecule has 0 radical (unpaired) electrons. The second-order valence-corrected chi connectivity index (χ2v) is 5.66. The summed E-state index contributed by atoms with van der Waals surface area (Å²) >= 11 is 0. The van der Waals surface area contributed by atoms with Gasteiger partial charge in [0.2, 0.25) is 11.8 Å². The first-order valence-electron chi connectivity index (χ1n) is 6.26. The molecule has 1 heterocycles. The molecule has 2 rings (SSSR count). The molecule has 0 spiro atoms. The van der Waals surface area contributed by atoms with E-state index in [1.54, 1.807) is 6.20 Å². The van der Waals surface area contributed by atoms with Crippen molar-refractivity contribution in [2.75, 3.05) is 12.3 Å². The van der Waals surface area contributed by atoms with Gasteiger partial charge in [-0.05, 0) is 11.0 Å². The van der Waals surface area contributed by atoms with Crippen LogP contribution in [0, 0.1) is 5.41 Å². The van der Waals surface area contributed by atoms with E-state index < -0.39 is 0 Å². The normalized spacial score (nSPS) is 11.3. The van der Waals surface area contributed by atoms with E-state index in [4.69, 9.17) is 10.5 Å². The molecule has 0 amide bonds. The van der Waals surface area contributed by atoms with Gasteiger partial charge in [-0.3, -0.25) is 0 Å². The van der Waals surface area contributed by atoms with Gasteiger partial charge in [0.25, 0.3) is 0 Å². The van der Waals surface area contributed by atoms with Gasteiger partial charge in [0.1, 0.15) is 0 Å². The molecule has 0 saturated carbocycles. The van der Waals surface area contributed by atoms with Gasteiger partial charge >= 0.3 is 0 Å². The van der Waals surface area contributed by atoms with Gasteiger partial charge in [-0.1, -0.05) is 51.1 Å². The average Bonchev–Trinajstić information content (AvgIpc) is 2.37. The standard InChI is InChI=1S/C15H19N3O/c1-15(2,3)10-19-13-12(9-17-14(16)18-13)11-7-5-4-6-8-11/h4-9H,10H2,1-3H3,(H2,16,17,18). The minimum Gasteiger partial charge on any atom is -0.477 e. The molecule has 0 atom stereocenters. The van der Waals surface area contributed by atoms with Crippen molar-refractivity contribution in [3.63, 3.8) is 0 Å². The van der Waals surface area contributed by atoms with Gasteiger partial charge < -0.3 is 10.5 Å². The van der Waals surface area contributed by atoms with Crippen molar-refractivity contribution in [3.8, 4) is 17.0 Å². The summed E-state index contributed by atoms with van der Waals surface area (Å²) in [6.45, 7) is 6.91. The molecule has 0 aliphatic carbocycles. The first-order chi connectivity index (χ1) is 8.96. The van der Waals surface area contributed by atoms with Crippen molar-refractivity contribution < 1.29 is 4.74 Å². The van der Waals surface area contributed by atoms with E-state index in [0.29, 0.717) is 12.5 Å². The fourth-order valence-electron chi connectivity index (χ4n) is 1.59. The van der Waals surface area contributed by atoms with Crippen LogP contribution in [-0.2, 0) is 0 Å². The molecule has 2 N–H and O–H groups in total. The third-order valence-corrected chi connectivity index (χ3v) is 2.50. The second-order valence-electron chi connectivity index (χ2n) is 5.66. The zero-order chi connectivity index (χ0) is 13.9. The molecule has 0 unspecified atom stereocenters. The number of hydrogen-bond donors (Lipinski definition) is 1. The Morgan fingerprint density at radius 3 is 2.47 bits per heavy atom. The number of ether oxygens (including phenoxy) is 1. The first-order valence-corrected chi connectivity index (χ1v) is 6.26. The van der Waals surface area contributed by atoms with Gasteiger partial charge in [0, 0.05) is 6.20 Å². The molecule has 1 aromatic heterocycles. The summed E-state index contributed by atoms with van der Waals surface area (Å²) in [6.07, 6.45) is 1.70. The molecule has 0 saturated heterocycles. The van der Waals surface area contributed by atoms with Crippen LogP contribution in [0.1, 0.15) is 20.8 Å². The van der Waals surface area contributed by atoms with E-state index in [-0.39, 0.29) is 11.4 Å². The van der Waals surface area contributed by atoms with Crippen LogP contribution in [0.4, 0.5) is 5.95 Å². The highest BCUT2D eigenvalue weighted by Crippen LogP contribution is 2.29. The fraction of sp³-hybridized carbons (Fsp3) is 0.333. The number of nitrogens with two attached hydrogens (primary N) is 1. The van der Waals surface area contributed by atoms with Crippen LogP contribution < -0.4 is 10.5 Å². The van der Waals surface area contributed by atoms with E-state index in [9.17, 15) is 0 Å². The molecule has 0 bridgehead atoms. The van der Waals surface area contributed by atoms with Gasteiger partial charge in [-0.2, -0.15) is 4.98 Å². The third-order valence-electron chi connectivity index (χ3n) is 2.50. The maximum Gasteiger partial charge on any atom is 0.226 e. The summed E-state index contributed by atoms with van der Waals surface area (Å²) < 4.78 is 5.81. The lowest BCUT2D eigenvalue weighted by atomic mass is 9.99. The number of nitrogens with zero attached hydrogens (tertiary/aromatic N) is 2. The lowest BCUT2D eigenvalue weighted by molar-refractivity contribution is 0.192. The lowest BCUT2D eigenvalue weighted by Gasteiger charge is -2.19. The highest BCUT2D eigenvalue weighted by molar-refractivity contribution is 5.68. The summed E-state index contributed by atoms with van der Waals surface area (Å²) in [5.74, 6) is 0.761. The Balaban J connectivity index is 2.33. The van der Waals surface area contributed by atoms with E-state index >= 15 is 0 Å². The number of aromatic nitrogens is 2.